The zero-order valence-electron chi connectivity index (χ0n) is 18.5. The summed E-state index contributed by atoms with van der Waals surface area (Å²) in [6, 6.07) is 2.62. The van der Waals surface area contributed by atoms with Crippen molar-refractivity contribution >= 4 is 24.2 Å². The number of ether oxygens (including phenoxy) is 4. The fourth-order valence-electron chi connectivity index (χ4n) is 1.83. The van der Waals surface area contributed by atoms with Gasteiger partial charge in [-0.2, -0.15) is 4.90 Å². The fraction of sp³-hybridized carbons (Fsp3) is 0.600. The van der Waals surface area contributed by atoms with Crippen LogP contribution in [0.15, 0.2) is 18.3 Å². The van der Waals surface area contributed by atoms with Crippen LogP contribution in [0.5, 0.6) is 5.75 Å². The number of anilines is 1. The molecule has 0 saturated heterocycles. The van der Waals surface area contributed by atoms with Crippen LogP contribution in [0.2, 0.25) is 0 Å². The van der Waals surface area contributed by atoms with Gasteiger partial charge in [0.1, 0.15) is 22.6 Å². The summed E-state index contributed by atoms with van der Waals surface area (Å²) < 4.78 is 20.8. The number of imide groups is 1. The molecule has 0 N–H and O–H groups in total. The molecule has 1 aromatic heterocycles. The highest BCUT2D eigenvalue weighted by molar-refractivity contribution is 6.08. The number of aromatic nitrogens is 1. The summed E-state index contributed by atoms with van der Waals surface area (Å²) in [4.78, 5) is 41.8. The zero-order valence-corrected chi connectivity index (χ0v) is 18.5. The number of hydrogen-bond acceptors (Lipinski definition) is 8. The van der Waals surface area contributed by atoms with Gasteiger partial charge in [0, 0.05) is 12.3 Å². The lowest BCUT2D eigenvalue weighted by molar-refractivity contribution is 0.0206. The van der Waals surface area contributed by atoms with E-state index in [1.165, 1.54) is 18.3 Å². The number of pyridine rings is 1. The summed E-state index contributed by atoms with van der Waals surface area (Å²) in [5.74, 6) is -0.101. The quantitative estimate of drug-likeness (QED) is 0.491. The summed E-state index contributed by atoms with van der Waals surface area (Å²) in [5, 5.41) is 0. The monoisotopic (exact) mass is 410 g/mol. The molecule has 0 bridgehead atoms. The van der Waals surface area contributed by atoms with E-state index in [0.29, 0.717) is 4.90 Å². The predicted molar refractivity (Wildman–Crippen MR) is 106 cm³/mol. The molecule has 29 heavy (non-hydrogen) atoms. The fourth-order valence-corrected chi connectivity index (χ4v) is 1.83. The maximum absolute atomic E-state index is 12.6. The summed E-state index contributed by atoms with van der Waals surface area (Å²) >= 11 is 0. The average Bonchev–Trinajstić information content (AvgIpc) is 2.41. The topological polar surface area (TPSA) is 104 Å². The van der Waals surface area contributed by atoms with E-state index in [1.807, 2.05) is 0 Å². The maximum Gasteiger partial charge on any atom is 0.514 e. The molecule has 0 atom stereocenters. The Morgan fingerprint density at radius 3 is 1.66 bits per heavy atom. The Labute approximate surface area is 171 Å². The molecule has 9 nitrogen and oxygen atoms in total. The van der Waals surface area contributed by atoms with Crippen molar-refractivity contribution < 1.29 is 33.3 Å². The summed E-state index contributed by atoms with van der Waals surface area (Å²) in [6.45, 7) is 15.0. The summed E-state index contributed by atoms with van der Waals surface area (Å²) in [7, 11) is 0. The van der Waals surface area contributed by atoms with E-state index in [9.17, 15) is 14.4 Å². The van der Waals surface area contributed by atoms with E-state index < -0.39 is 35.1 Å². The minimum atomic E-state index is -0.978. The van der Waals surface area contributed by atoms with Gasteiger partial charge < -0.3 is 18.9 Å². The highest BCUT2D eigenvalue weighted by Gasteiger charge is 2.34. The molecule has 0 spiro atoms. The predicted octanol–water partition coefficient (Wildman–Crippen LogP) is 5.07. The van der Waals surface area contributed by atoms with Gasteiger partial charge in [0.15, 0.2) is 5.82 Å². The van der Waals surface area contributed by atoms with E-state index in [0.717, 1.165) is 0 Å². The van der Waals surface area contributed by atoms with Crippen LogP contribution in [0.4, 0.5) is 20.2 Å². The standard InChI is InChI=1S/C20H30N2O7/c1-18(2,3)27-15(23)22(16(24)28-19(4,5)6)14-12-13(10-11-21-14)26-17(25)29-20(7,8)9/h10-12H,1-9H3. The average molecular weight is 410 g/mol. The molecule has 0 saturated carbocycles. The Morgan fingerprint density at radius 1 is 0.793 bits per heavy atom. The lowest BCUT2D eigenvalue weighted by atomic mass is 10.2. The normalized spacial score (nSPS) is 12.0. The van der Waals surface area contributed by atoms with Crippen LogP contribution < -0.4 is 9.64 Å². The van der Waals surface area contributed by atoms with E-state index in [2.05, 4.69) is 4.98 Å². The number of rotatable bonds is 2. The molecule has 0 aliphatic rings. The van der Waals surface area contributed by atoms with Crippen LogP contribution in [0.25, 0.3) is 0 Å². The van der Waals surface area contributed by atoms with Crippen LogP contribution in [0, 0.1) is 0 Å². The molecule has 0 radical (unpaired) electrons. The van der Waals surface area contributed by atoms with Gasteiger partial charge in [0.2, 0.25) is 0 Å². The molecular weight excluding hydrogens is 380 g/mol. The molecule has 9 heteroatoms. The SMILES string of the molecule is CC(C)(C)OC(=O)Oc1ccnc(N(C(=O)OC(C)(C)C)C(=O)OC(C)(C)C)c1. The Morgan fingerprint density at radius 2 is 1.24 bits per heavy atom. The molecule has 0 fully saturated rings. The van der Waals surface area contributed by atoms with Crippen LogP contribution >= 0.6 is 0 Å². The van der Waals surface area contributed by atoms with Crippen molar-refractivity contribution in [2.45, 2.75) is 79.1 Å². The number of amides is 2. The van der Waals surface area contributed by atoms with Gasteiger partial charge in [-0.25, -0.2) is 19.4 Å². The molecule has 2 amide bonds. The zero-order chi connectivity index (χ0) is 22.6. The Bertz CT molecular complexity index is 727. The summed E-state index contributed by atoms with van der Waals surface area (Å²) in [6.07, 6.45) is -1.62. The lowest BCUT2D eigenvalue weighted by Crippen LogP contribution is -2.44. The van der Waals surface area contributed by atoms with Crippen molar-refractivity contribution in [1.82, 2.24) is 4.98 Å². The first-order valence-electron chi connectivity index (χ1n) is 9.10. The van der Waals surface area contributed by atoms with Crippen LogP contribution in [-0.4, -0.2) is 40.1 Å². The van der Waals surface area contributed by atoms with Gasteiger partial charge in [-0.05, 0) is 68.4 Å². The minimum absolute atomic E-state index is 0.0290. The second-order valence-corrected chi connectivity index (χ2v) is 9.21. The van der Waals surface area contributed by atoms with Gasteiger partial charge in [-0.1, -0.05) is 0 Å². The molecule has 0 aromatic carbocycles. The van der Waals surface area contributed by atoms with Crippen LogP contribution in [0.3, 0.4) is 0 Å². The highest BCUT2D eigenvalue weighted by Crippen LogP contribution is 2.24. The van der Waals surface area contributed by atoms with Gasteiger partial charge >= 0.3 is 18.3 Å². The van der Waals surface area contributed by atoms with Gasteiger partial charge in [0.25, 0.3) is 0 Å². The van der Waals surface area contributed by atoms with Gasteiger partial charge in [0.05, 0.1) is 0 Å². The van der Waals surface area contributed by atoms with E-state index in [1.54, 1.807) is 62.3 Å². The third-order valence-corrected chi connectivity index (χ3v) is 2.69. The van der Waals surface area contributed by atoms with E-state index in [-0.39, 0.29) is 11.6 Å². The first kappa shape index (κ1) is 24.2. The van der Waals surface area contributed by atoms with Crippen molar-refractivity contribution in [3.8, 4) is 5.75 Å². The van der Waals surface area contributed by atoms with Crippen molar-refractivity contribution in [3.63, 3.8) is 0 Å². The molecular formula is C20H30N2O7. The third kappa shape index (κ3) is 9.27. The molecule has 1 aromatic rings. The number of carbonyl (C=O) groups is 3. The molecule has 1 heterocycles. The Balaban J connectivity index is 3.20. The number of nitrogens with zero attached hydrogens (tertiary/aromatic N) is 2. The first-order valence-corrected chi connectivity index (χ1v) is 9.10. The van der Waals surface area contributed by atoms with Crippen molar-refractivity contribution in [1.29, 1.82) is 0 Å². The van der Waals surface area contributed by atoms with Crippen LogP contribution in [-0.2, 0) is 14.2 Å². The molecule has 1 rings (SSSR count). The van der Waals surface area contributed by atoms with Crippen molar-refractivity contribution in [2.24, 2.45) is 0 Å². The van der Waals surface area contributed by atoms with Crippen molar-refractivity contribution in [2.75, 3.05) is 4.90 Å². The number of carbonyl (C=O) groups excluding carboxylic acids is 3. The van der Waals surface area contributed by atoms with Gasteiger partial charge in [-0.3, -0.25) is 0 Å². The molecule has 0 unspecified atom stereocenters. The van der Waals surface area contributed by atoms with E-state index in [4.69, 9.17) is 18.9 Å². The highest BCUT2D eigenvalue weighted by atomic mass is 16.7. The lowest BCUT2D eigenvalue weighted by Gasteiger charge is -2.28. The van der Waals surface area contributed by atoms with E-state index >= 15 is 0 Å². The smallest absolute Gasteiger partial charge is 0.443 e. The molecule has 0 aliphatic heterocycles. The molecule has 0 aliphatic carbocycles. The Kier molecular flexibility index (Phi) is 7.23. The third-order valence-electron chi connectivity index (χ3n) is 2.69. The summed E-state index contributed by atoms with van der Waals surface area (Å²) in [5.41, 5.74) is -2.46. The second-order valence-electron chi connectivity index (χ2n) is 9.21. The number of hydrogen-bond donors (Lipinski definition) is 0. The first-order chi connectivity index (χ1) is 13.0. The Hall–Kier alpha value is -2.84. The van der Waals surface area contributed by atoms with Crippen LogP contribution in [0.1, 0.15) is 62.3 Å². The molecule has 162 valence electrons. The minimum Gasteiger partial charge on any atom is -0.443 e. The van der Waals surface area contributed by atoms with Crippen molar-refractivity contribution in [3.05, 3.63) is 18.3 Å². The maximum atomic E-state index is 12.6. The van der Waals surface area contributed by atoms with Gasteiger partial charge in [-0.15, -0.1) is 0 Å². The second kappa shape index (κ2) is 8.67. The largest absolute Gasteiger partial charge is 0.514 e.